The second-order valence-electron chi connectivity index (χ2n) is 6.58. The third kappa shape index (κ3) is 2.81. The SMILES string of the molecule is COC(=O)C12CCCC1CN(c1ccc(C(F)(F)F)cc1[N+](=O)[O-])C2. The number of nitro benzene ring substituents is 1. The molecule has 2 aliphatic rings. The van der Waals surface area contributed by atoms with Gasteiger partial charge in [-0.1, -0.05) is 6.42 Å². The van der Waals surface area contributed by atoms with Gasteiger partial charge in [0, 0.05) is 19.2 Å². The van der Waals surface area contributed by atoms with E-state index >= 15 is 0 Å². The lowest BCUT2D eigenvalue weighted by molar-refractivity contribution is -0.384. The van der Waals surface area contributed by atoms with Crippen LogP contribution in [0.5, 0.6) is 0 Å². The van der Waals surface area contributed by atoms with Crippen LogP contribution in [0.3, 0.4) is 0 Å². The van der Waals surface area contributed by atoms with Gasteiger partial charge in [0.1, 0.15) is 5.69 Å². The van der Waals surface area contributed by atoms with Gasteiger partial charge in [0.2, 0.25) is 0 Å². The van der Waals surface area contributed by atoms with Crippen molar-refractivity contribution in [2.45, 2.75) is 25.4 Å². The largest absolute Gasteiger partial charge is 0.469 e. The molecule has 1 aliphatic carbocycles. The van der Waals surface area contributed by atoms with Crippen LogP contribution in [0.15, 0.2) is 18.2 Å². The van der Waals surface area contributed by atoms with E-state index < -0.39 is 27.8 Å². The van der Waals surface area contributed by atoms with E-state index in [1.54, 1.807) is 4.90 Å². The number of nitrogens with zero attached hydrogens (tertiary/aromatic N) is 2. The van der Waals surface area contributed by atoms with Crippen LogP contribution < -0.4 is 4.90 Å². The molecule has 25 heavy (non-hydrogen) atoms. The monoisotopic (exact) mass is 358 g/mol. The number of esters is 1. The number of carbonyl (C=O) groups is 1. The molecular weight excluding hydrogens is 341 g/mol. The van der Waals surface area contributed by atoms with Gasteiger partial charge in [-0.25, -0.2) is 0 Å². The molecule has 1 heterocycles. The van der Waals surface area contributed by atoms with Crippen molar-refractivity contribution in [1.82, 2.24) is 0 Å². The topological polar surface area (TPSA) is 72.7 Å². The highest BCUT2D eigenvalue weighted by molar-refractivity contribution is 5.80. The third-order valence-electron chi connectivity index (χ3n) is 5.30. The summed E-state index contributed by atoms with van der Waals surface area (Å²) in [4.78, 5) is 24.4. The highest BCUT2D eigenvalue weighted by Crippen LogP contribution is 2.51. The molecule has 6 nitrogen and oxygen atoms in total. The summed E-state index contributed by atoms with van der Waals surface area (Å²) in [6.07, 6.45) is -2.38. The quantitative estimate of drug-likeness (QED) is 0.470. The van der Waals surface area contributed by atoms with E-state index in [1.807, 2.05) is 0 Å². The fraction of sp³-hybridized carbons (Fsp3) is 0.562. The van der Waals surface area contributed by atoms with E-state index in [9.17, 15) is 28.1 Å². The molecule has 2 unspecified atom stereocenters. The van der Waals surface area contributed by atoms with Crippen molar-refractivity contribution in [3.8, 4) is 0 Å². The van der Waals surface area contributed by atoms with Gasteiger partial charge in [-0.2, -0.15) is 13.2 Å². The maximum Gasteiger partial charge on any atom is 0.416 e. The van der Waals surface area contributed by atoms with E-state index in [4.69, 9.17) is 4.74 Å². The fourth-order valence-corrected chi connectivity index (χ4v) is 4.12. The Kier molecular flexibility index (Phi) is 4.12. The van der Waals surface area contributed by atoms with Gasteiger partial charge in [-0.3, -0.25) is 14.9 Å². The number of methoxy groups -OCH3 is 1. The molecule has 3 rings (SSSR count). The van der Waals surface area contributed by atoms with Crippen LogP contribution in [0.2, 0.25) is 0 Å². The smallest absolute Gasteiger partial charge is 0.416 e. The van der Waals surface area contributed by atoms with Crippen molar-refractivity contribution in [2.24, 2.45) is 11.3 Å². The standard InChI is InChI=1S/C16H17F3N2O4/c1-25-14(22)15-6-2-3-11(15)8-20(9-15)12-5-4-10(16(17,18)19)7-13(12)21(23)24/h4-5,7,11H,2-3,6,8-9H2,1H3. The normalized spacial score (nSPS) is 25.8. The predicted molar refractivity (Wildman–Crippen MR) is 82.1 cm³/mol. The first-order chi connectivity index (χ1) is 11.7. The first-order valence-corrected chi connectivity index (χ1v) is 7.88. The van der Waals surface area contributed by atoms with Gasteiger partial charge in [0.05, 0.1) is 23.0 Å². The van der Waals surface area contributed by atoms with Gasteiger partial charge in [0.15, 0.2) is 0 Å². The summed E-state index contributed by atoms with van der Waals surface area (Å²) < 4.78 is 43.4. The average molecular weight is 358 g/mol. The zero-order valence-electron chi connectivity index (χ0n) is 13.5. The maximum atomic E-state index is 12.8. The van der Waals surface area contributed by atoms with Crippen LogP contribution in [0.1, 0.15) is 24.8 Å². The molecule has 0 bridgehead atoms. The highest BCUT2D eigenvalue weighted by atomic mass is 19.4. The molecule has 0 spiro atoms. The zero-order chi connectivity index (χ0) is 18.4. The summed E-state index contributed by atoms with van der Waals surface area (Å²) in [6.45, 7) is 0.609. The summed E-state index contributed by atoms with van der Waals surface area (Å²) in [7, 11) is 1.30. The summed E-state index contributed by atoms with van der Waals surface area (Å²) in [5.74, 6) is -0.367. The van der Waals surface area contributed by atoms with Crippen LogP contribution in [-0.4, -0.2) is 31.1 Å². The summed E-state index contributed by atoms with van der Waals surface area (Å²) in [5.41, 5.74) is -2.29. The van der Waals surface area contributed by atoms with Gasteiger partial charge in [-0.05, 0) is 30.9 Å². The minimum atomic E-state index is -4.65. The zero-order valence-corrected chi connectivity index (χ0v) is 13.5. The fourth-order valence-electron chi connectivity index (χ4n) is 4.12. The molecule has 0 N–H and O–H groups in total. The first-order valence-electron chi connectivity index (χ1n) is 7.88. The van der Waals surface area contributed by atoms with Gasteiger partial charge in [-0.15, -0.1) is 0 Å². The number of rotatable bonds is 3. The average Bonchev–Trinajstić information content (AvgIpc) is 3.10. The van der Waals surface area contributed by atoms with Crippen molar-refractivity contribution in [1.29, 1.82) is 0 Å². The molecule has 136 valence electrons. The number of halogens is 3. The molecule has 0 radical (unpaired) electrons. The summed E-state index contributed by atoms with van der Waals surface area (Å²) in [6, 6.07) is 2.50. The molecule has 1 aromatic carbocycles. The van der Waals surface area contributed by atoms with Crippen LogP contribution in [0, 0.1) is 21.4 Å². The number of ether oxygens (including phenoxy) is 1. The maximum absolute atomic E-state index is 12.8. The molecule has 9 heteroatoms. The molecule has 2 fully saturated rings. The number of anilines is 1. The highest BCUT2D eigenvalue weighted by Gasteiger charge is 2.56. The number of benzene rings is 1. The van der Waals surface area contributed by atoms with Crippen molar-refractivity contribution >= 4 is 17.3 Å². The Morgan fingerprint density at radius 1 is 1.44 bits per heavy atom. The Morgan fingerprint density at radius 2 is 2.16 bits per heavy atom. The molecule has 1 saturated heterocycles. The Morgan fingerprint density at radius 3 is 2.76 bits per heavy atom. The molecule has 1 aromatic rings. The number of nitro groups is 1. The minimum Gasteiger partial charge on any atom is -0.469 e. The molecular formula is C16H17F3N2O4. The number of hydrogen-bond donors (Lipinski definition) is 0. The number of fused-ring (bicyclic) bond motifs is 1. The van der Waals surface area contributed by atoms with Gasteiger partial charge >= 0.3 is 12.1 Å². The van der Waals surface area contributed by atoms with Crippen molar-refractivity contribution in [3.63, 3.8) is 0 Å². The number of hydrogen-bond acceptors (Lipinski definition) is 5. The predicted octanol–water partition coefficient (Wildman–Crippen LogP) is 3.39. The van der Waals surface area contributed by atoms with Crippen LogP contribution in [-0.2, 0) is 15.7 Å². The molecule has 0 aromatic heterocycles. The van der Waals surface area contributed by atoms with E-state index in [1.165, 1.54) is 7.11 Å². The molecule has 2 atom stereocenters. The lowest BCUT2D eigenvalue weighted by Gasteiger charge is -2.26. The Hall–Kier alpha value is -2.32. The molecule has 1 saturated carbocycles. The third-order valence-corrected chi connectivity index (χ3v) is 5.30. The second kappa shape index (κ2) is 5.89. The summed E-state index contributed by atoms with van der Waals surface area (Å²) in [5, 5.41) is 11.3. The summed E-state index contributed by atoms with van der Waals surface area (Å²) >= 11 is 0. The Bertz CT molecular complexity index is 722. The lowest BCUT2D eigenvalue weighted by atomic mass is 9.81. The first kappa shape index (κ1) is 17.5. The van der Waals surface area contributed by atoms with Crippen molar-refractivity contribution in [3.05, 3.63) is 33.9 Å². The molecule has 0 amide bonds. The Balaban J connectivity index is 1.98. The van der Waals surface area contributed by atoms with E-state index in [2.05, 4.69) is 0 Å². The van der Waals surface area contributed by atoms with Crippen LogP contribution in [0.25, 0.3) is 0 Å². The lowest BCUT2D eigenvalue weighted by Crippen LogP contribution is -2.37. The number of alkyl halides is 3. The van der Waals surface area contributed by atoms with Crippen molar-refractivity contribution < 1.29 is 27.6 Å². The number of carbonyl (C=O) groups excluding carboxylic acids is 1. The van der Waals surface area contributed by atoms with Crippen molar-refractivity contribution in [2.75, 3.05) is 25.1 Å². The minimum absolute atomic E-state index is 0.0122. The van der Waals surface area contributed by atoms with Gasteiger partial charge < -0.3 is 9.64 Å². The Labute approximate surface area is 141 Å². The van der Waals surface area contributed by atoms with E-state index in [0.717, 1.165) is 25.0 Å². The molecule has 1 aliphatic heterocycles. The van der Waals surface area contributed by atoms with Gasteiger partial charge in [0.25, 0.3) is 5.69 Å². The van der Waals surface area contributed by atoms with E-state index in [-0.39, 0.29) is 24.1 Å². The van der Waals surface area contributed by atoms with Crippen LogP contribution in [0.4, 0.5) is 24.5 Å². The van der Waals surface area contributed by atoms with Crippen LogP contribution >= 0.6 is 0 Å². The second-order valence-corrected chi connectivity index (χ2v) is 6.58. The van der Waals surface area contributed by atoms with E-state index in [0.29, 0.717) is 19.0 Å².